The Balaban J connectivity index is 1.62. The van der Waals surface area contributed by atoms with Crippen molar-refractivity contribution >= 4 is 0 Å². The van der Waals surface area contributed by atoms with Crippen LogP contribution in [0.4, 0.5) is 0 Å². The molecule has 1 fully saturated rings. The zero-order valence-corrected chi connectivity index (χ0v) is 14.7. The van der Waals surface area contributed by atoms with Gasteiger partial charge in [-0.3, -0.25) is 4.90 Å². The molecule has 1 aliphatic rings. The maximum absolute atomic E-state index is 6.12. The van der Waals surface area contributed by atoms with Gasteiger partial charge in [0.25, 0.3) is 0 Å². The van der Waals surface area contributed by atoms with Crippen molar-refractivity contribution in [3.8, 4) is 0 Å². The minimum absolute atomic E-state index is 0.401. The van der Waals surface area contributed by atoms with E-state index in [2.05, 4.69) is 53.8 Å². The van der Waals surface area contributed by atoms with Crippen LogP contribution in [0.15, 0.2) is 53.6 Å². The molecule has 1 aliphatic carbocycles. The lowest BCUT2D eigenvalue weighted by molar-refractivity contribution is 0.271. The van der Waals surface area contributed by atoms with Gasteiger partial charge >= 0.3 is 0 Å². The zero-order valence-electron chi connectivity index (χ0n) is 14.7. The summed E-state index contributed by atoms with van der Waals surface area (Å²) in [7, 11) is 2.12. The number of rotatable bonds is 8. The summed E-state index contributed by atoms with van der Waals surface area (Å²) in [4.78, 5) is 6.86. The van der Waals surface area contributed by atoms with Gasteiger partial charge in [-0.05, 0) is 37.8 Å². The topological polar surface area (TPSA) is 29.3 Å². The van der Waals surface area contributed by atoms with Crippen LogP contribution < -0.4 is 0 Å². The molecule has 1 aromatic heterocycles. The number of hydrogen-bond acceptors (Lipinski definition) is 3. The Bertz CT molecular complexity index is 628. The maximum atomic E-state index is 6.12. The summed E-state index contributed by atoms with van der Waals surface area (Å²) in [6, 6.07) is 10.5. The van der Waals surface area contributed by atoms with Crippen molar-refractivity contribution in [2.45, 2.75) is 51.1 Å². The Morgan fingerprint density at radius 1 is 1.25 bits per heavy atom. The molecule has 0 radical (unpaired) electrons. The second-order valence-corrected chi connectivity index (χ2v) is 7.00. The van der Waals surface area contributed by atoms with Gasteiger partial charge in [0, 0.05) is 12.5 Å². The molecule has 3 nitrogen and oxygen atoms in total. The van der Waals surface area contributed by atoms with Gasteiger partial charge in [-0.1, -0.05) is 49.2 Å². The number of oxazole rings is 1. The molecule has 2 aromatic rings. The first kappa shape index (κ1) is 17.0. The minimum Gasteiger partial charge on any atom is -0.444 e. The van der Waals surface area contributed by atoms with Crippen molar-refractivity contribution in [3.63, 3.8) is 0 Å². The summed E-state index contributed by atoms with van der Waals surface area (Å²) >= 11 is 0. The van der Waals surface area contributed by atoms with E-state index in [0.29, 0.717) is 11.8 Å². The highest BCUT2D eigenvalue weighted by Gasteiger charge is 2.28. The van der Waals surface area contributed by atoms with Gasteiger partial charge in [0.2, 0.25) is 0 Å². The van der Waals surface area contributed by atoms with Crippen LogP contribution in [0.25, 0.3) is 0 Å². The van der Waals surface area contributed by atoms with Crippen molar-refractivity contribution in [2.24, 2.45) is 5.92 Å². The molecule has 0 N–H and O–H groups in total. The third-order valence-electron chi connectivity index (χ3n) is 5.00. The molecule has 0 amide bonds. The third-order valence-corrected chi connectivity index (χ3v) is 5.00. The predicted molar refractivity (Wildman–Crippen MR) is 97.6 cm³/mol. The molecule has 24 heavy (non-hydrogen) atoms. The van der Waals surface area contributed by atoms with E-state index < -0.39 is 0 Å². The highest BCUT2D eigenvalue weighted by molar-refractivity contribution is 5.14. The molecular formula is C21H28N2O. The van der Waals surface area contributed by atoms with Gasteiger partial charge in [0.15, 0.2) is 5.89 Å². The SMILES string of the molecule is C=CCC(c1ncc(CN(C)Cc2ccccc2)o1)C1CCCC1. The average molecular weight is 324 g/mol. The van der Waals surface area contributed by atoms with E-state index in [1.54, 1.807) is 0 Å². The summed E-state index contributed by atoms with van der Waals surface area (Å²) < 4.78 is 6.12. The second kappa shape index (κ2) is 8.29. The summed E-state index contributed by atoms with van der Waals surface area (Å²) in [6.45, 7) is 5.62. The fraction of sp³-hybridized carbons (Fsp3) is 0.476. The van der Waals surface area contributed by atoms with Crippen molar-refractivity contribution in [1.29, 1.82) is 0 Å². The smallest absolute Gasteiger partial charge is 0.198 e. The first-order chi connectivity index (χ1) is 11.8. The molecule has 3 rings (SSSR count). The lowest BCUT2D eigenvalue weighted by Gasteiger charge is -2.19. The van der Waals surface area contributed by atoms with Crippen LogP contribution >= 0.6 is 0 Å². The Morgan fingerprint density at radius 2 is 2.00 bits per heavy atom. The summed E-state index contributed by atoms with van der Waals surface area (Å²) in [5, 5.41) is 0. The predicted octanol–water partition coefficient (Wildman–Crippen LogP) is 5.16. The van der Waals surface area contributed by atoms with Crippen molar-refractivity contribution in [1.82, 2.24) is 9.88 Å². The fourth-order valence-corrected chi connectivity index (χ4v) is 3.82. The largest absolute Gasteiger partial charge is 0.444 e. The average Bonchev–Trinajstić information content (AvgIpc) is 3.25. The van der Waals surface area contributed by atoms with Gasteiger partial charge in [0.05, 0.1) is 12.7 Å². The van der Waals surface area contributed by atoms with E-state index in [1.165, 1.54) is 31.2 Å². The molecule has 1 saturated carbocycles. The van der Waals surface area contributed by atoms with E-state index in [1.807, 2.05) is 12.3 Å². The van der Waals surface area contributed by atoms with Crippen LogP contribution in [0, 0.1) is 5.92 Å². The number of aromatic nitrogens is 1. The van der Waals surface area contributed by atoms with Crippen molar-refractivity contribution < 1.29 is 4.42 Å². The molecule has 1 aromatic carbocycles. The van der Waals surface area contributed by atoms with E-state index in [-0.39, 0.29) is 0 Å². The molecule has 1 unspecified atom stereocenters. The van der Waals surface area contributed by atoms with E-state index in [9.17, 15) is 0 Å². The minimum atomic E-state index is 0.401. The number of allylic oxidation sites excluding steroid dienone is 1. The van der Waals surface area contributed by atoms with E-state index >= 15 is 0 Å². The number of benzene rings is 1. The summed E-state index contributed by atoms with van der Waals surface area (Å²) in [5.74, 6) is 2.97. The lowest BCUT2D eigenvalue weighted by atomic mass is 9.88. The first-order valence-corrected chi connectivity index (χ1v) is 9.04. The van der Waals surface area contributed by atoms with Gasteiger partial charge in [-0.25, -0.2) is 4.98 Å². The fourth-order valence-electron chi connectivity index (χ4n) is 3.82. The van der Waals surface area contributed by atoms with Crippen LogP contribution in [-0.2, 0) is 13.1 Å². The number of hydrogen-bond donors (Lipinski definition) is 0. The Morgan fingerprint density at radius 3 is 2.71 bits per heavy atom. The molecule has 0 bridgehead atoms. The second-order valence-electron chi connectivity index (χ2n) is 7.00. The van der Waals surface area contributed by atoms with Gasteiger partial charge in [-0.2, -0.15) is 0 Å². The quantitative estimate of drug-likeness (QED) is 0.628. The van der Waals surface area contributed by atoms with Gasteiger partial charge in [-0.15, -0.1) is 6.58 Å². The monoisotopic (exact) mass is 324 g/mol. The highest BCUT2D eigenvalue weighted by Crippen LogP contribution is 2.39. The van der Waals surface area contributed by atoms with Crippen LogP contribution in [0.1, 0.15) is 55.2 Å². The Labute approximate surface area is 145 Å². The Kier molecular flexibility index (Phi) is 5.86. The van der Waals surface area contributed by atoms with Crippen molar-refractivity contribution in [3.05, 3.63) is 66.4 Å². The molecule has 0 aliphatic heterocycles. The van der Waals surface area contributed by atoms with E-state index in [4.69, 9.17) is 4.42 Å². The molecule has 1 heterocycles. The van der Waals surface area contributed by atoms with Crippen LogP contribution in [0.5, 0.6) is 0 Å². The summed E-state index contributed by atoms with van der Waals surface area (Å²) in [5.41, 5.74) is 1.32. The zero-order chi connectivity index (χ0) is 16.8. The maximum Gasteiger partial charge on any atom is 0.198 e. The molecule has 1 atom stereocenters. The first-order valence-electron chi connectivity index (χ1n) is 9.04. The molecule has 3 heteroatoms. The molecule has 0 spiro atoms. The van der Waals surface area contributed by atoms with Crippen LogP contribution in [-0.4, -0.2) is 16.9 Å². The number of nitrogens with zero attached hydrogens (tertiary/aromatic N) is 2. The highest BCUT2D eigenvalue weighted by atomic mass is 16.4. The van der Waals surface area contributed by atoms with Crippen LogP contribution in [0.3, 0.4) is 0 Å². The normalized spacial score (nSPS) is 16.6. The standard InChI is InChI=1S/C21H28N2O/c1-3-9-20(18-12-7-8-13-18)21-22-14-19(24-21)16-23(2)15-17-10-5-4-6-11-17/h3-6,10-11,14,18,20H,1,7-9,12-13,15-16H2,2H3. The lowest BCUT2D eigenvalue weighted by Crippen LogP contribution is -2.16. The van der Waals surface area contributed by atoms with Crippen molar-refractivity contribution in [2.75, 3.05) is 7.05 Å². The molecule has 128 valence electrons. The molecular weight excluding hydrogens is 296 g/mol. The Hall–Kier alpha value is -1.87. The van der Waals surface area contributed by atoms with Gasteiger partial charge in [0.1, 0.15) is 5.76 Å². The van der Waals surface area contributed by atoms with Gasteiger partial charge < -0.3 is 4.42 Å². The third kappa shape index (κ3) is 4.35. The van der Waals surface area contributed by atoms with Crippen LogP contribution in [0.2, 0.25) is 0 Å². The van der Waals surface area contributed by atoms with E-state index in [0.717, 1.165) is 31.2 Å². The summed E-state index contributed by atoms with van der Waals surface area (Å²) in [6.07, 6.45) is 10.1. The molecule has 0 saturated heterocycles.